The highest BCUT2D eigenvalue weighted by atomic mass is 16.5. The lowest BCUT2D eigenvalue weighted by Gasteiger charge is -2.27. The standard InChI is InChI=1S/C26H33N3O4/c1-20(30)28-23-12-11-22(10-6-5-9-21-7-3-2-4-8-21)19-24(23)33-26(32)14-13-25(31)29-17-15-27-16-18-29/h2-4,7-8,11-12,19,27H,5-6,9-10,13-18H2,1H3,(H,28,30). The highest BCUT2D eigenvalue weighted by Gasteiger charge is 2.18. The number of esters is 1. The minimum atomic E-state index is -0.480. The van der Waals surface area contributed by atoms with Gasteiger partial charge in [0.05, 0.1) is 12.1 Å². The highest BCUT2D eigenvalue weighted by molar-refractivity contribution is 5.91. The van der Waals surface area contributed by atoms with Crippen molar-refractivity contribution < 1.29 is 19.1 Å². The largest absolute Gasteiger partial charge is 0.424 e. The van der Waals surface area contributed by atoms with Crippen molar-refractivity contribution in [2.45, 2.75) is 45.4 Å². The van der Waals surface area contributed by atoms with Crippen LogP contribution in [0.15, 0.2) is 48.5 Å². The van der Waals surface area contributed by atoms with Gasteiger partial charge in [0.1, 0.15) is 0 Å². The SMILES string of the molecule is CC(=O)Nc1ccc(CCCCc2ccccc2)cc1OC(=O)CCC(=O)N1CCNCC1. The van der Waals surface area contributed by atoms with Crippen molar-refractivity contribution in [3.05, 3.63) is 59.7 Å². The Balaban J connectivity index is 1.54. The fourth-order valence-corrected chi connectivity index (χ4v) is 3.86. The van der Waals surface area contributed by atoms with E-state index in [2.05, 4.69) is 22.8 Å². The Bertz CT molecular complexity index is 940. The van der Waals surface area contributed by atoms with Gasteiger partial charge >= 0.3 is 5.97 Å². The van der Waals surface area contributed by atoms with Crippen LogP contribution in [0.5, 0.6) is 5.75 Å². The zero-order valence-corrected chi connectivity index (χ0v) is 19.3. The molecule has 1 aliphatic rings. The number of nitrogens with zero attached hydrogens (tertiary/aromatic N) is 1. The molecule has 0 spiro atoms. The predicted octanol–water partition coefficient (Wildman–Crippen LogP) is 3.33. The first kappa shape index (κ1) is 24.5. The molecule has 3 rings (SSSR count). The number of piperazine rings is 1. The first-order valence-corrected chi connectivity index (χ1v) is 11.6. The molecule has 176 valence electrons. The molecule has 1 heterocycles. The van der Waals surface area contributed by atoms with Gasteiger partial charge in [-0.15, -0.1) is 0 Å². The van der Waals surface area contributed by atoms with E-state index in [0.29, 0.717) is 24.5 Å². The third kappa shape index (κ3) is 8.35. The summed E-state index contributed by atoms with van der Waals surface area (Å²) in [7, 11) is 0. The maximum Gasteiger partial charge on any atom is 0.311 e. The average molecular weight is 452 g/mol. The lowest BCUT2D eigenvalue weighted by molar-refractivity contribution is -0.139. The summed E-state index contributed by atoms with van der Waals surface area (Å²) in [6, 6.07) is 15.9. The molecule has 1 aliphatic heterocycles. The molecule has 1 saturated heterocycles. The van der Waals surface area contributed by atoms with Crippen LogP contribution in [0.1, 0.15) is 43.7 Å². The molecule has 0 radical (unpaired) electrons. The second-order valence-electron chi connectivity index (χ2n) is 8.31. The van der Waals surface area contributed by atoms with Gasteiger partial charge in [-0.05, 0) is 48.9 Å². The summed E-state index contributed by atoms with van der Waals surface area (Å²) in [6.45, 7) is 4.28. The fourth-order valence-electron chi connectivity index (χ4n) is 3.86. The second kappa shape index (κ2) is 12.7. The zero-order chi connectivity index (χ0) is 23.5. The quantitative estimate of drug-likeness (QED) is 0.329. The molecule has 1 fully saturated rings. The van der Waals surface area contributed by atoms with Crippen LogP contribution in [0, 0.1) is 0 Å². The van der Waals surface area contributed by atoms with Gasteiger partial charge in [0, 0.05) is 39.5 Å². The van der Waals surface area contributed by atoms with Crippen LogP contribution in [0.2, 0.25) is 0 Å². The molecule has 33 heavy (non-hydrogen) atoms. The fraction of sp³-hybridized carbons (Fsp3) is 0.423. The van der Waals surface area contributed by atoms with Crippen LogP contribution in [0.25, 0.3) is 0 Å². The van der Waals surface area contributed by atoms with Crippen LogP contribution in [-0.2, 0) is 27.2 Å². The Hall–Kier alpha value is -3.19. The van der Waals surface area contributed by atoms with E-state index in [9.17, 15) is 14.4 Å². The number of amides is 2. The van der Waals surface area contributed by atoms with E-state index in [1.807, 2.05) is 30.3 Å². The van der Waals surface area contributed by atoms with Crippen molar-refractivity contribution in [3.63, 3.8) is 0 Å². The van der Waals surface area contributed by atoms with Crippen LogP contribution in [-0.4, -0.2) is 48.9 Å². The smallest absolute Gasteiger partial charge is 0.311 e. The van der Waals surface area contributed by atoms with Crippen LogP contribution < -0.4 is 15.4 Å². The normalized spacial score (nSPS) is 13.4. The number of anilines is 1. The molecule has 7 nitrogen and oxygen atoms in total. The summed E-state index contributed by atoms with van der Waals surface area (Å²) in [5, 5.41) is 5.91. The number of unbranched alkanes of at least 4 members (excludes halogenated alkanes) is 1. The molecule has 2 N–H and O–H groups in total. The molecular weight excluding hydrogens is 418 g/mol. The number of carbonyl (C=O) groups excluding carboxylic acids is 3. The Morgan fingerprint density at radius 2 is 1.64 bits per heavy atom. The van der Waals surface area contributed by atoms with Gasteiger partial charge < -0.3 is 20.3 Å². The van der Waals surface area contributed by atoms with E-state index in [1.54, 1.807) is 11.0 Å². The molecule has 0 unspecified atom stereocenters. The predicted molar refractivity (Wildman–Crippen MR) is 128 cm³/mol. The number of benzene rings is 2. The van der Waals surface area contributed by atoms with Crippen molar-refractivity contribution in [2.75, 3.05) is 31.5 Å². The Morgan fingerprint density at radius 1 is 0.939 bits per heavy atom. The van der Waals surface area contributed by atoms with Crippen LogP contribution in [0.4, 0.5) is 5.69 Å². The van der Waals surface area contributed by atoms with E-state index in [4.69, 9.17) is 4.74 Å². The van der Waals surface area contributed by atoms with Gasteiger partial charge in [-0.25, -0.2) is 0 Å². The van der Waals surface area contributed by atoms with Crippen LogP contribution >= 0.6 is 0 Å². The van der Waals surface area contributed by atoms with Crippen molar-refractivity contribution >= 4 is 23.5 Å². The third-order valence-corrected chi connectivity index (χ3v) is 5.62. The Morgan fingerprint density at radius 3 is 2.33 bits per heavy atom. The molecule has 0 atom stereocenters. The summed E-state index contributed by atoms with van der Waals surface area (Å²) in [4.78, 5) is 38.1. The number of aryl methyl sites for hydroxylation is 2. The maximum atomic E-state index is 12.4. The zero-order valence-electron chi connectivity index (χ0n) is 19.3. The first-order valence-electron chi connectivity index (χ1n) is 11.6. The third-order valence-electron chi connectivity index (χ3n) is 5.62. The number of hydrogen-bond donors (Lipinski definition) is 2. The highest BCUT2D eigenvalue weighted by Crippen LogP contribution is 2.27. The van der Waals surface area contributed by atoms with Crippen molar-refractivity contribution in [2.24, 2.45) is 0 Å². The summed E-state index contributed by atoms with van der Waals surface area (Å²) < 4.78 is 5.56. The summed E-state index contributed by atoms with van der Waals surface area (Å²) in [5.41, 5.74) is 2.82. The number of nitrogens with one attached hydrogen (secondary N) is 2. The van der Waals surface area contributed by atoms with Crippen molar-refractivity contribution in [3.8, 4) is 5.75 Å². The van der Waals surface area contributed by atoms with Crippen LogP contribution in [0.3, 0.4) is 0 Å². The lowest BCUT2D eigenvalue weighted by atomic mass is 10.0. The van der Waals surface area contributed by atoms with Gasteiger partial charge in [0.25, 0.3) is 0 Å². The van der Waals surface area contributed by atoms with E-state index in [1.165, 1.54) is 12.5 Å². The van der Waals surface area contributed by atoms with E-state index < -0.39 is 5.97 Å². The van der Waals surface area contributed by atoms with Crippen molar-refractivity contribution in [1.82, 2.24) is 10.2 Å². The monoisotopic (exact) mass is 451 g/mol. The number of carbonyl (C=O) groups is 3. The van der Waals surface area contributed by atoms with Gasteiger partial charge in [0.2, 0.25) is 11.8 Å². The van der Waals surface area contributed by atoms with Gasteiger partial charge in [-0.1, -0.05) is 36.4 Å². The number of rotatable bonds is 10. The summed E-state index contributed by atoms with van der Waals surface area (Å²) in [6.07, 6.45) is 4.05. The minimum Gasteiger partial charge on any atom is -0.424 e. The second-order valence-corrected chi connectivity index (χ2v) is 8.31. The molecule has 0 aliphatic carbocycles. The van der Waals surface area contributed by atoms with E-state index >= 15 is 0 Å². The number of ether oxygens (including phenoxy) is 1. The maximum absolute atomic E-state index is 12.4. The molecule has 0 bridgehead atoms. The minimum absolute atomic E-state index is 0.00355. The van der Waals surface area contributed by atoms with Gasteiger partial charge in [-0.2, -0.15) is 0 Å². The summed E-state index contributed by atoms with van der Waals surface area (Å²) >= 11 is 0. The molecule has 2 aromatic rings. The van der Waals surface area contributed by atoms with Crippen molar-refractivity contribution in [1.29, 1.82) is 0 Å². The molecule has 2 aromatic carbocycles. The molecule has 7 heteroatoms. The molecular formula is C26H33N3O4. The van der Waals surface area contributed by atoms with Gasteiger partial charge in [-0.3, -0.25) is 14.4 Å². The molecule has 2 amide bonds. The summed E-state index contributed by atoms with van der Waals surface area (Å²) in [5.74, 6) is -0.434. The first-order chi connectivity index (χ1) is 16.0. The lowest BCUT2D eigenvalue weighted by Crippen LogP contribution is -2.46. The van der Waals surface area contributed by atoms with Gasteiger partial charge in [0.15, 0.2) is 5.75 Å². The number of hydrogen-bond acceptors (Lipinski definition) is 5. The molecule has 0 aromatic heterocycles. The molecule has 0 saturated carbocycles. The average Bonchev–Trinajstić information content (AvgIpc) is 2.83. The Labute approximate surface area is 195 Å². The van der Waals surface area contributed by atoms with E-state index in [0.717, 1.165) is 44.3 Å². The Kier molecular flexibility index (Phi) is 9.44. The van der Waals surface area contributed by atoms with E-state index in [-0.39, 0.29) is 24.7 Å². The topological polar surface area (TPSA) is 87.7 Å².